The van der Waals surface area contributed by atoms with Gasteiger partial charge in [0.15, 0.2) is 5.65 Å². The molecule has 1 aliphatic rings. The Morgan fingerprint density at radius 1 is 1.03 bits per heavy atom. The first-order valence-electron chi connectivity index (χ1n) is 10.7. The van der Waals surface area contributed by atoms with Gasteiger partial charge in [-0.25, -0.2) is 9.67 Å². The number of rotatable bonds is 2. The first kappa shape index (κ1) is 18.5. The summed E-state index contributed by atoms with van der Waals surface area (Å²) >= 11 is 6.16. The van der Waals surface area contributed by atoms with Crippen LogP contribution in [0.2, 0.25) is 5.02 Å². The van der Waals surface area contributed by atoms with E-state index in [9.17, 15) is 0 Å². The van der Waals surface area contributed by atoms with Crippen molar-refractivity contribution >= 4 is 33.5 Å². The topological polar surface area (TPSA) is 43.6 Å². The van der Waals surface area contributed by atoms with Gasteiger partial charge in [0.2, 0.25) is 0 Å². The molecule has 31 heavy (non-hydrogen) atoms. The predicted octanol–water partition coefficient (Wildman–Crippen LogP) is 6.73. The molecule has 0 spiro atoms. The van der Waals surface area contributed by atoms with Crippen molar-refractivity contribution in [1.82, 2.24) is 19.7 Å². The highest BCUT2D eigenvalue weighted by molar-refractivity contribution is 6.30. The van der Waals surface area contributed by atoms with Gasteiger partial charge in [0, 0.05) is 27.9 Å². The van der Waals surface area contributed by atoms with E-state index in [4.69, 9.17) is 26.7 Å². The first-order chi connectivity index (χ1) is 15.2. The van der Waals surface area contributed by atoms with E-state index in [1.54, 1.807) is 0 Å². The van der Waals surface area contributed by atoms with Gasteiger partial charge in [-0.05, 0) is 61.1 Å². The second kappa shape index (κ2) is 7.17. The second-order valence-electron chi connectivity index (χ2n) is 8.32. The molecule has 2 aromatic carbocycles. The number of fused-ring (bicyclic) bond motifs is 4. The van der Waals surface area contributed by atoms with Gasteiger partial charge in [0.05, 0.1) is 16.6 Å². The summed E-state index contributed by atoms with van der Waals surface area (Å²) in [5, 5.41) is 7.78. The van der Waals surface area contributed by atoms with Crippen LogP contribution in [-0.4, -0.2) is 19.7 Å². The lowest BCUT2D eigenvalue weighted by Gasteiger charge is -2.21. The van der Waals surface area contributed by atoms with Crippen molar-refractivity contribution in [2.45, 2.75) is 32.1 Å². The Morgan fingerprint density at radius 2 is 1.84 bits per heavy atom. The fourth-order valence-electron chi connectivity index (χ4n) is 4.68. The lowest BCUT2D eigenvalue weighted by molar-refractivity contribution is 0.576. The normalized spacial score (nSPS) is 16.0. The molecular formula is C26H21ClN4. The van der Waals surface area contributed by atoms with E-state index in [-0.39, 0.29) is 0 Å². The van der Waals surface area contributed by atoms with Gasteiger partial charge in [-0.2, -0.15) is 5.10 Å². The standard InChI is InChI=1S/C26H21ClN4/c1-16-6-5-7-18-14-19-15-28-26-22(24(19)29-23(16)18)25(17-10-12-20(27)13-11-17)30-31(26)21-8-3-2-4-9-21/h2-4,8-16H,5-7H2,1H3. The van der Waals surface area contributed by atoms with Crippen LogP contribution in [0.15, 0.2) is 66.9 Å². The molecule has 0 radical (unpaired) electrons. The van der Waals surface area contributed by atoms with Crippen LogP contribution in [0.3, 0.4) is 0 Å². The lowest BCUT2D eigenvalue weighted by Crippen LogP contribution is -2.09. The maximum atomic E-state index is 6.16. The van der Waals surface area contributed by atoms with Crippen LogP contribution in [0.25, 0.3) is 38.9 Å². The van der Waals surface area contributed by atoms with Crippen molar-refractivity contribution < 1.29 is 0 Å². The van der Waals surface area contributed by atoms with Crippen molar-refractivity contribution in [2.24, 2.45) is 0 Å². The molecule has 1 unspecified atom stereocenters. The molecule has 3 heterocycles. The zero-order valence-corrected chi connectivity index (χ0v) is 18.0. The maximum Gasteiger partial charge on any atom is 0.165 e. The van der Waals surface area contributed by atoms with E-state index in [2.05, 4.69) is 13.0 Å². The summed E-state index contributed by atoms with van der Waals surface area (Å²) in [6.45, 7) is 2.28. The molecule has 0 N–H and O–H groups in total. The van der Waals surface area contributed by atoms with E-state index >= 15 is 0 Å². The van der Waals surface area contributed by atoms with E-state index in [0.29, 0.717) is 10.9 Å². The Morgan fingerprint density at radius 3 is 2.65 bits per heavy atom. The SMILES string of the molecule is CC1CCCc2cc3cnc4c(c(-c5ccc(Cl)cc5)nn4-c4ccccc4)c3nc21. The number of benzene rings is 2. The Kier molecular flexibility index (Phi) is 4.29. The smallest absolute Gasteiger partial charge is 0.165 e. The molecule has 0 aliphatic heterocycles. The third-order valence-electron chi connectivity index (χ3n) is 6.26. The number of halogens is 1. The summed E-state index contributed by atoms with van der Waals surface area (Å²) < 4.78 is 1.92. The molecule has 5 aromatic rings. The monoisotopic (exact) mass is 424 g/mol. The number of aryl methyl sites for hydroxylation is 1. The zero-order valence-electron chi connectivity index (χ0n) is 17.2. The Balaban J connectivity index is 1.72. The van der Waals surface area contributed by atoms with Gasteiger partial charge in [-0.3, -0.25) is 4.98 Å². The summed E-state index contributed by atoms with van der Waals surface area (Å²) in [5.41, 5.74) is 7.24. The fourth-order valence-corrected chi connectivity index (χ4v) is 4.81. The van der Waals surface area contributed by atoms with Crippen molar-refractivity contribution in [3.63, 3.8) is 0 Å². The highest BCUT2D eigenvalue weighted by atomic mass is 35.5. The molecule has 0 fully saturated rings. The molecule has 0 saturated carbocycles. The second-order valence-corrected chi connectivity index (χ2v) is 8.76. The molecule has 1 atom stereocenters. The number of hydrogen-bond donors (Lipinski definition) is 0. The Hall–Kier alpha value is -3.24. The molecule has 6 rings (SSSR count). The highest BCUT2D eigenvalue weighted by Gasteiger charge is 2.23. The molecule has 0 saturated heterocycles. The molecular weight excluding hydrogens is 404 g/mol. The number of para-hydroxylation sites is 1. The summed E-state index contributed by atoms with van der Waals surface area (Å²) in [4.78, 5) is 10.1. The number of hydrogen-bond acceptors (Lipinski definition) is 3. The quantitative estimate of drug-likeness (QED) is 0.315. The number of pyridine rings is 2. The van der Waals surface area contributed by atoms with E-state index in [1.165, 1.54) is 24.1 Å². The van der Waals surface area contributed by atoms with Gasteiger partial charge in [0.1, 0.15) is 5.69 Å². The van der Waals surface area contributed by atoms with Crippen LogP contribution in [0.1, 0.15) is 36.9 Å². The Bertz CT molecular complexity index is 1420. The minimum atomic E-state index is 0.472. The minimum Gasteiger partial charge on any atom is -0.251 e. The van der Waals surface area contributed by atoms with Crippen LogP contribution >= 0.6 is 11.6 Å². The van der Waals surface area contributed by atoms with E-state index in [0.717, 1.165) is 45.3 Å². The maximum absolute atomic E-state index is 6.16. The van der Waals surface area contributed by atoms with Crippen LogP contribution in [-0.2, 0) is 6.42 Å². The molecule has 1 aliphatic carbocycles. The van der Waals surface area contributed by atoms with Crippen molar-refractivity contribution in [2.75, 3.05) is 0 Å². The predicted molar refractivity (Wildman–Crippen MR) is 126 cm³/mol. The van der Waals surface area contributed by atoms with Crippen LogP contribution < -0.4 is 0 Å². The van der Waals surface area contributed by atoms with Crippen molar-refractivity contribution in [3.8, 4) is 16.9 Å². The fraction of sp³-hybridized carbons (Fsp3) is 0.192. The van der Waals surface area contributed by atoms with Crippen molar-refractivity contribution in [1.29, 1.82) is 0 Å². The van der Waals surface area contributed by atoms with Crippen LogP contribution in [0.4, 0.5) is 0 Å². The van der Waals surface area contributed by atoms with Gasteiger partial charge in [0.25, 0.3) is 0 Å². The summed E-state index contributed by atoms with van der Waals surface area (Å²) in [6.07, 6.45) is 5.44. The van der Waals surface area contributed by atoms with Gasteiger partial charge < -0.3 is 0 Å². The summed E-state index contributed by atoms with van der Waals surface area (Å²) in [7, 11) is 0. The molecule has 0 amide bonds. The molecule has 3 aromatic heterocycles. The largest absolute Gasteiger partial charge is 0.251 e. The van der Waals surface area contributed by atoms with Crippen molar-refractivity contribution in [3.05, 3.63) is 83.1 Å². The zero-order chi connectivity index (χ0) is 20.9. The molecule has 5 heteroatoms. The lowest BCUT2D eigenvalue weighted by atomic mass is 9.87. The van der Waals surface area contributed by atoms with Crippen LogP contribution in [0, 0.1) is 0 Å². The molecule has 0 bridgehead atoms. The third-order valence-corrected chi connectivity index (χ3v) is 6.51. The van der Waals surface area contributed by atoms with Gasteiger partial charge in [-0.15, -0.1) is 0 Å². The molecule has 152 valence electrons. The third kappa shape index (κ3) is 3.02. The number of nitrogens with zero attached hydrogens (tertiary/aromatic N) is 4. The Labute approximate surface area is 185 Å². The summed E-state index contributed by atoms with van der Waals surface area (Å²) in [6, 6.07) is 20.3. The van der Waals surface area contributed by atoms with Crippen LogP contribution in [0.5, 0.6) is 0 Å². The van der Waals surface area contributed by atoms with E-state index in [1.807, 2.05) is 65.5 Å². The minimum absolute atomic E-state index is 0.472. The van der Waals surface area contributed by atoms with Gasteiger partial charge in [-0.1, -0.05) is 48.9 Å². The average Bonchev–Trinajstić information content (AvgIpc) is 3.19. The van der Waals surface area contributed by atoms with Gasteiger partial charge >= 0.3 is 0 Å². The first-order valence-corrected chi connectivity index (χ1v) is 11.1. The highest BCUT2D eigenvalue weighted by Crippen LogP contribution is 2.37. The van der Waals surface area contributed by atoms with E-state index < -0.39 is 0 Å². The number of aromatic nitrogens is 4. The molecule has 4 nitrogen and oxygen atoms in total. The summed E-state index contributed by atoms with van der Waals surface area (Å²) in [5.74, 6) is 0.472. The average molecular weight is 425 g/mol.